The Bertz CT molecular complexity index is 1110. The Balaban J connectivity index is 1.53. The van der Waals surface area contributed by atoms with Crippen LogP contribution in [0.3, 0.4) is 0 Å². The normalized spacial score (nSPS) is 11.0. The van der Waals surface area contributed by atoms with Crippen LogP contribution in [0.4, 0.5) is 0 Å². The molecular weight excluding hydrogens is 400 g/mol. The predicted molar refractivity (Wildman–Crippen MR) is 105 cm³/mol. The summed E-state index contributed by atoms with van der Waals surface area (Å²) in [5.74, 6) is 2.05. The van der Waals surface area contributed by atoms with Gasteiger partial charge in [-0.2, -0.15) is 9.67 Å². The van der Waals surface area contributed by atoms with Crippen LogP contribution >= 0.6 is 23.4 Å². The maximum Gasteiger partial charge on any atom is 0.237 e. The Labute approximate surface area is 169 Å². The van der Waals surface area contributed by atoms with Gasteiger partial charge in [0.05, 0.1) is 12.9 Å². The minimum absolute atomic E-state index is 0.419. The summed E-state index contributed by atoms with van der Waals surface area (Å²) >= 11 is 7.40. The van der Waals surface area contributed by atoms with Crippen LogP contribution in [0.1, 0.15) is 11.5 Å². The fourth-order valence-corrected chi connectivity index (χ4v) is 3.48. The van der Waals surface area contributed by atoms with Crippen LogP contribution < -0.4 is 4.74 Å². The second-order valence-corrected chi connectivity index (χ2v) is 7.24. The molecule has 2 heterocycles. The summed E-state index contributed by atoms with van der Waals surface area (Å²) in [4.78, 5) is 4.41. The number of hydrogen-bond acceptors (Lipinski definition) is 8. The van der Waals surface area contributed by atoms with Crippen LogP contribution in [0.15, 0.2) is 52.1 Å². The lowest BCUT2D eigenvalue weighted by Crippen LogP contribution is -2.02. The molecule has 4 rings (SSSR count). The lowest BCUT2D eigenvalue weighted by molar-refractivity contribution is 0.391. The molecule has 2 aromatic carbocycles. The molecule has 0 unspecified atom stereocenters. The molecule has 2 aromatic heterocycles. The molecule has 0 aliphatic heterocycles. The molecule has 0 radical (unpaired) electrons. The number of aryl methyl sites for hydroxylation is 1. The van der Waals surface area contributed by atoms with E-state index in [0.717, 1.165) is 16.8 Å². The fraction of sp³-hybridized carbons (Fsp3) is 0.167. The van der Waals surface area contributed by atoms with Gasteiger partial charge in [0, 0.05) is 10.6 Å². The first kappa shape index (κ1) is 18.5. The highest BCUT2D eigenvalue weighted by atomic mass is 35.5. The van der Waals surface area contributed by atoms with Gasteiger partial charge in [0.25, 0.3) is 0 Å². The predicted octanol–water partition coefficient (Wildman–Crippen LogP) is 3.98. The van der Waals surface area contributed by atoms with Crippen LogP contribution in [0, 0.1) is 6.92 Å². The summed E-state index contributed by atoms with van der Waals surface area (Å²) in [7, 11) is 1.61. The van der Waals surface area contributed by atoms with E-state index in [9.17, 15) is 0 Å². The quantitative estimate of drug-likeness (QED) is 0.437. The van der Waals surface area contributed by atoms with Crippen molar-refractivity contribution in [2.45, 2.75) is 17.8 Å². The number of methoxy groups -OCH3 is 1. The molecule has 4 aromatic rings. The first-order valence-electron chi connectivity index (χ1n) is 8.29. The molecule has 28 heavy (non-hydrogen) atoms. The molecular formula is C18H15ClN6O2S. The van der Waals surface area contributed by atoms with E-state index in [-0.39, 0.29) is 0 Å². The minimum atomic E-state index is 0.419. The summed E-state index contributed by atoms with van der Waals surface area (Å²) in [5.41, 5.74) is 2.63. The number of tetrazole rings is 1. The molecule has 0 amide bonds. The van der Waals surface area contributed by atoms with E-state index in [1.54, 1.807) is 23.9 Å². The van der Waals surface area contributed by atoms with Crippen molar-refractivity contribution in [3.8, 4) is 22.8 Å². The molecule has 0 N–H and O–H groups in total. The lowest BCUT2D eigenvalue weighted by atomic mass is 10.2. The average molecular weight is 415 g/mol. The summed E-state index contributed by atoms with van der Waals surface area (Å²) in [6, 6.07) is 13.1. The smallest absolute Gasteiger partial charge is 0.237 e. The van der Waals surface area contributed by atoms with Crippen molar-refractivity contribution < 1.29 is 9.26 Å². The number of ether oxygens (including phenoxy) is 1. The number of nitrogens with zero attached hydrogens (tertiary/aromatic N) is 6. The molecule has 0 atom stereocenters. The van der Waals surface area contributed by atoms with E-state index >= 15 is 0 Å². The summed E-state index contributed by atoms with van der Waals surface area (Å²) in [6.45, 7) is 2.00. The Kier molecular flexibility index (Phi) is 5.27. The molecule has 0 saturated heterocycles. The van der Waals surface area contributed by atoms with Gasteiger partial charge in [-0.1, -0.05) is 46.7 Å². The van der Waals surface area contributed by atoms with E-state index < -0.39 is 0 Å². The molecule has 0 aliphatic carbocycles. The largest absolute Gasteiger partial charge is 0.494 e. The van der Waals surface area contributed by atoms with Crippen molar-refractivity contribution in [1.29, 1.82) is 0 Å². The van der Waals surface area contributed by atoms with Crippen LogP contribution in [-0.2, 0) is 5.75 Å². The summed E-state index contributed by atoms with van der Waals surface area (Å²) in [6.07, 6.45) is 0. The Morgan fingerprint density at radius 2 is 2.11 bits per heavy atom. The number of halogens is 1. The van der Waals surface area contributed by atoms with Crippen molar-refractivity contribution in [2.24, 2.45) is 0 Å². The number of rotatable bonds is 6. The van der Waals surface area contributed by atoms with Gasteiger partial charge in [-0.25, -0.2) is 0 Å². The molecule has 142 valence electrons. The second kappa shape index (κ2) is 7.99. The van der Waals surface area contributed by atoms with E-state index in [0.29, 0.717) is 33.4 Å². The molecule has 8 nitrogen and oxygen atoms in total. The first-order chi connectivity index (χ1) is 13.6. The van der Waals surface area contributed by atoms with Gasteiger partial charge in [0.2, 0.25) is 16.9 Å². The van der Waals surface area contributed by atoms with Crippen molar-refractivity contribution >= 4 is 23.4 Å². The van der Waals surface area contributed by atoms with Crippen molar-refractivity contribution in [3.05, 3.63) is 58.9 Å². The van der Waals surface area contributed by atoms with Crippen molar-refractivity contribution in [2.75, 3.05) is 7.11 Å². The summed E-state index contributed by atoms with van der Waals surface area (Å²) in [5, 5.41) is 17.2. The zero-order valence-corrected chi connectivity index (χ0v) is 16.6. The average Bonchev–Trinajstić information content (AvgIpc) is 3.36. The summed E-state index contributed by atoms with van der Waals surface area (Å²) < 4.78 is 12.4. The van der Waals surface area contributed by atoms with Crippen molar-refractivity contribution in [1.82, 2.24) is 30.3 Å². The van der Waals surface area contributed by atoms with Gasteiger partial charge in [0.15, 0.2) is 0 Å². The van der Waals surface area contributed by atoms with Gasteiger partial charge in [-0.3, -0.25) is 0 Å². The van der Waals surface area contributed by atoms with Crippen molar-refractivity contribution in [3.63, 3.8) is 0 Å². The van der Waals surface area contributed by atoms with Gasteiger partial charge in [-0.05, 0) is 47.2 Å². The molecule has 0 aliphatic rings. The second-order valence-electron chi connectivity index (χ2n) is 5.86. The zero-order chi connectivity index (χ0) is 19.5. The van der Waals surface area contributed by atoms with Crippen LogP contribution in [0.2, 0.25) is 5.02 Å². The van der Waals surface area contributed by atoms with Gasteiger partial charge < -0.3 is 9.26 Å². The number of benzene rings is 2. The highest BCUT2D eigenvalue weighted by Crippen LogP contribution is 2.28. The molecule has 0 spiro atoms. The van der Waals surface area contributed by atoms with Gasteiger partial charge in [0.1, 0.15) is 11.4 Å². The topological polar surface area (TPSA) is 91.8 Å². The van der Waals surface area contributed by atoms with E-state index in [1.807, 2.05) is 37.3 Å². The minimum Gasteiger partial charge on any atom is -0.494 e. The molecule has 10 heteroatoms. The SMILES string of the molecule is COc1ccc(C)cc1-n1nnnc1SCc1nc(-c2cccc(Cl)c2)no1. The number of thioether (sulfide) groups is 1. The standard InChI is InChI=1S/C18H15ClN6O2S/c1-11-6-7-15(26-2)14(8-11)25-18(21-23-24-25)28-10-16-20-17(22-27-16)12-4-3-5-13(19)9-12/h3-9H,10H2,1-2H3. The third-order valence-corrected chi connectivity index (χ3v) is 5.02. The van der Waals surface area contributed by atoms with Crippen LogP contribution in [-0.4, -0.2) is 37.5 Å². The number of hydrogen-bond donors (Lipinski definition) is 0. The third-order valence-electron chi connectivity index (χ3n) is 3.88. The van der Waals surface area contributed by atoms with E-state index in [2.05, 4.69) is 25.7 Å². The number of aromatic nitrogens is 6. The molecule has 0 bridgehead atoms. The van der Waals surface area contributed by atoms with E-state index in [1.165, 1.54) is 11.8 Å². The highest BCUT2D eigenvalue weighted by Gasteiger charge is 2.16. The Morgan fingerprint density at radius 3 is 2.93 bits per heavy atom. The maximum atomic E-state index is 6.02. The highest BCUT2D eigenvalue weighted by molar-refractivity contribution is 7.98. The fourth-order valence-electron chi connectivity index (χ4n) is 2.57. The Morgan fingerprint density at radius 1 is 1.21 bits per heavy atom. The van der Waals surface area contributed by atoms with Gasteiger partial charge in [-0.15, -0.1) is 5.10 Å². The van der Waals surface area contributed by atoms with Crippen LogP contribution in [0.5, 0.6) is 5.75 Å². The first-order valence-corrected chi connectivity index (χ1v) is 9.65. The molecule has 0 saturated carbocycles. The zero-order valence-electron chi connectivity index (χ0n) is 15.0. The molecule has 0 fully saturated rings. The Hall–Kier alpha value is -2.91. The maximum absolute atomic E-state index is 6.02. The monoisotopic (exact) mass is 414 g/mol. The van der Waals surface area contributed by atoms with Gasteiger partial charge >= 0.3 is 0 Å². The lowest BCUT2D eigenvalue weighted by Gasteiger charge is -2.09. The van der Waals surface area contributed by atoms with E-state index in [4.69, 9.17) is 20.9 Å². The third kappa shape index (κ3) is 3.85. The van der Waals surface area contributed by atoms with Crippen LogP contribution in [0.25, 0.3) is 17.1 Å².